The van der Waals surface area contributed by atoms with E-state index in [4.69, 9.17) is 4.74 Å². The van der Waals surface area contributed by atoms with Gasteiger partial charge >= 0.3 is 5.97 Å². The van der Waals surface area contributed by atoms with Crippen LogP contribution in [0.2, 0.25) is 0 Å². The zero-order valence-electron chi connectivity index (χ0n) is 9.52. The predicted octanol–water partition coefficient (Wildman–Crippen LogP) is 0.245. The van der Waals surface area contributed by atoms with Gasteiger partial charge in [-0.3, -0.25) is 4.79 Å². The van der Waals surface area contributed by atoms with Crippen molar-refractivity contribution < 1.29 is 22.7 Å². The van der Waals surface area contributed by atoms with Gasteiger partial charge in [0.05, 0.1) is 30.6 Å². The smallest absolute Gasteiger partial charge is 0.309 e. The van der Waals surface area contributed by atoms with Gasteiger partial charge in [-0.15, -0.1) is 0 Å². The van der Waals surface area contributed by atoms with Crippen molar-refractivity contribution in [2.75, 3.05) is 26.6 Å². The Morgan fingerprint density at radius 1 is 1.27 bits per heavy atom. The first-order valence-electron chi connectivity index (χ1n) is 4.63. The Morgan fingerprint density at radius 2 is 1.80 bits per heavy atom. The van der Waals surface area contributed by atoms with E-state index in [0.29, 0.717) is 0 Å². The normalized spacial score (nSPS) is 15.7. The largest absolute Gasteiger partial charge is 0.469 e. The SMILES string of the molecule is COCC(C)S(=O)(=O)CC(C)C(=O)OC. The van der Waals surface area contributed by atoms with Crippen molar-refractivity contribution in [2.24, 2.45) is 5.92 Å². The van der Waals surface area contributed by atoms with Crippen LogP contribution in [-0.4, -0.2) is 46.2 Å². The summed E-state index contributed by atoms with van der Waals surface area (Å²) in [4.78, 5) is 11.1. The topological polar surface area (TPSA) is 69.7 Å². The second kappa shape index (κ2) is 6.07. The number of ether oxygens (including phenoxy) is 2. The molecule has 0 aliphatic rings. The standard InChI is InChI=1S/C9H18O5S/c1-7(9(10)14-4)6-15(11,12)8(2)5-13-3/h7-8H,5-6H2,1-4H3. The monoisotopic (exact) mass is 238 g/mol. The predicted molar refractivity (Wildman–Crippen MR) is 56.3 cm³/mol. The van der Waals surface area contributed by atoms with Crippen LogP contribution in [0.15, 0.2) is 0 Å². The van der Waals surface area contributed by atoms with Crippen LogP contribution in [0.3, 0.4) is 0 Å². The van der Waals surface area contributed by atoms with E-state index in [1.807, 2.05) is 0 Å². The molecule has 0 aliphatic carbocycles. The van der Waals surface area contributed by atoms with E-state index in [1.54, 1.807) is 6.92 Å². The van der Waals surface area contributed by atoms with Crippen LogP contribution in [-0.2, 0) is 24.1 Å². The molecule has 0 spiro atoms. The molecule has 90 valence electrons. The lowest BCUT2D eigenvalue weighted by Crippen LogP contribution is -2.31. The summed E-state index contributed by atoms with van der Waals surface area (Å²) in [5, 5.41) is -0.602. The zero-order chi connectivity index (χ0) is 12.1. The minimum atomic E-state index is -3.30. The molecular weight excluding hydrogens is 220 g/mol. The molecule has 0 aromatic rings. The summed E-state index contributed by atoms with van der Waals surface area (Å²) in [6.45, 7) is 3.22. The lowest BCUT2D eigenvalue weighted by molar-refractivity contribution is -0.144. The average Bonchev–Trinajstić information content (AvgIpc) is 2.16. The van der Waals surface area contributed by atoms with Crippen molar-refractivity contribution >= 4 is 15.8 Å². The minimum Gasteiger partial charge on any atom is -0.469 e. The molecule has 6 heteroatoms. The second-order valence-corrected chi connectivity index (χ2v) is 5.98. The van der Waals surface area contributed by atoms with E-state index < -0.39 is 27.0 Å². The number of hydrogen-bond acceptors (Lipinski definition) is 5. The van der Waals surface area contributed by atoms with E-state index in [0.717, 1.165) is 0 Å². The Morgan fingerprint density at radius 3 is 2.20 bits per heavy atom. The molecule has 0 heterocycles. The lowest BCUT2D eigenvalue weighted by atomic mass is 10.2. The molecule has 0 aromatic carbocycles. The van der Waals surface area contributed by atoms with Crippen LogP contribution in [0.1, 0.15) is 13.8 Å². The molecule has 0 saturated heterocycles. The molecule has 0 aliphatic heterocycles. The summed E-state index contributed by atoms with van der Waals surface area (Å²) < 4.78 is 32.6. The number of methoxy groups -OCH3 is 2. The first kappa shape index (κ1) is 14.4. The number of esters is 1. The first-order chi connectivity index (χ1) is 6.85. The maximum absolute atomic E-state index is 11.7. The molecule has 0 bridgehead atoms. The Kier molecular flexibility index (Phi) is 5.82. The van der Waals surface area contributed by atoms with E-state index in [2.05, 4.69) is 4.74 Å². The van der Waals surface area contributed by atoms with E-state index in [-0.39, 0.29) is 12.4 Å². The Balaban J connectivity index is 4.44. The molecule has 0 aromatic heterocycles. The van der Waals surface area contributed by atoms with E-state index in [9.17, 15) is 13.2 Å². The van der Waals surface area contributed by atoms with Gasteiger partial charge in [-0.1, -0.05) is 6.92 Å². The van der Waals surface area contributed by atoms with Gasteiger partial charge in [0.25, 0.3) is 0 Å². The second-order valence-electron chi connectivity index (χ2n) is 3.52. The van der Waals surface area contributed by atoms with Crippen molar-refractivity contribution in [1.82, 2.24) is 0 Å². The van der Waals surface area contributed by atoms with Crippen molar-refractivity contribution in [3.63, 3.8) is 0 Å². The highest BCUT2D eigenvalue weighted by atomic mass is 32.2. The van der Waals surface area contributed by atoms with Gasteiger partial charge in [0.2, 0.25) is 0 Å². The van der Waals surface area contributed by atoms with E-state index >= 15 is 0 Å². The average molecular weight is 238 g/mol. The van der Waals surface area contributed by atoms with Crippen LogP contribution in [0.25, 0.3) is 0 Å². The maximum atomic E-state index is 11.7. The van der Waals surface area contributed by atoms with Gasteiger partial charge in [0, 0.05) is 7.11 Å². The van der Waals surface area contributed by atoms with Gasteiger partial charge in [-0.2, -0.15) is 0 Å². The summed E-state index contributed by atoms with van der Waals surface area (Å²) in [7, 11) is -0.622. The third-order valence-corrected chi connectivity index (χ3v) is 4.43. The van der Waals surface area contributed by atoms with Gasteiger partial charge in [-0.05, 0) is 6.92 Å². The van der Waals surface area contributed by atoms with Gasteiger partial charge in [0.15, 0.2) is 9.84 Å². The molecule has 0 saturated carbocycles. The van der Waals surface area contributed by atoms with Crippen molar-refractivity contribution in [3.8, 4) is 0 Å². The van der Waals surface area contributed by atoms with Gasteiger partial charge < -0.3 is 9.47 Å². The van der Waals surface area contributed by atoms with E-state index in [1.165, 1.54) is 21.1 Å². The molecular formula is C9H18O5S. The number of hydrogen-bond donors (Lipinski definition) is 0. The minimum absolute atomic E-state index is 0.135. The van der Waals surface area contributed by atoms with Crippen LogP contribution >= 0.6 is 0 Å². The third-order valence-electron chi connectivity index (χ3n) is 2.10. The zero-order valence-corrected chi connectivity index (χ0v) is 10.3. The fourth-order valence-electron chi connectivity index (χ4n) is 1.12. The fourth-order valence-corrected chi connectivity index (χ4v) is 2.63. The van der Waals surface area contributed by atoms with Crippen LogP contribution < -0.4 is 0 Å². The third kappa shape index (κ3) is 4.61. The van der Waals surface area contributed by atoms with Crippen molar-refractivity contribution in [1.29, 1.82) is 0 Å². The Bertz CT molecular complexity index is 296. The molecule has 0 fully saturated rings. The summed E-state index contributed by atoms with van der Waals surface area (Å²) in [5.74, 6) is -1.35. The summed E-state index contributed by atoms with van der Waals surface area (Å²) in [5.41, 5.74) is 0. The van der Waals surface area contributed by atoms with Crippen molar-refractivity contribution in [3.05, 3.63) is 0 Å². The van der Waals surface area contributed by atoms with Crippen LogP contribution in [0.4, 0.5) is 0 Å². The molecule has 2 unspecified atom stereocenters. The molecule has 15 heavy (non-hydrogen) atoms. The summed E-state index contributed by atoms with van der Waals surface area (Å²) in [6, 6.07) is 0. The maximum Gasteiger partial charge on any atom is 0.309 e. The Hall–Kier alpha value is -0.620. The highest BCUT2D eigenvalue weighted by Crippen LogP contribution is 2.09. The molecule has 0 radical (unpaired) electrons. The highest BCUT2D eigenvalue weighted by molar-refractivity contribution is 7.92. The quantitative estimate of drug-likeness (QED) is 0.620. The van der Waals surface area contributed by atoms with Gasteiger partial charge in [0.1, 0.15) is 0 Å². The van der Waals surface area contributed by atoms with Gasteiger partial charge in [-0.25, -0.2) is 8.42 Å². The molecule has 0 amide bonds. The number of rotatable bonds is 6. The summed E-state index contributed by atoms with van der Waals surface area (Å²) in [6.07, 6.45) is 0. The molecule has 0 N–H and O–H groups in total. The number of sulfone groups is 1. The highest BCUT2D eigenvalue weighted by Gasteiger charge is 2.27. The Labute approximate surface area is 90.7 Å². The van der Waals surface area contributed by atoms with Crippen LogP contribution in [0, 0.1) is 5.92 Å². The van der Waals surface area contributed by atoms with Crippen LogP contribution in [0.5, 0.6) is 0 Å². The molecule has 2 atom stereocenters. The molecule has 0 rings (SSSR count). The number of carbonyl (C=O) groups excluding carboxylic acids is 1. The molecule has 5 nitrogen and oxygen atoms in total. The number of carbonyl (C=O) groups is 1. The van der Waals surface area contributed by atoms with Crippen molar-refractivity contribution in [2.45, 2.75) is 19.1 Å². The summed E-state index contributed by atoms with van der Waals surface area (Å²) >= 11 is 0. The lowest BCUT2D eigenvalue weighted by Gasteiger charge is -2.14. The fraction of sp³-hybridized carbons (Fsp3) is 0.889. The first-order valence-corrected chi connectivity index (χ1v) is 6.35.